The number of aromatic nitrogens is 3. The molecular formula is C23H20N4O2S. The monoisotopic (exact) mass is 416 g/mol. The number of ether oxygens (including phenoxy) is 1. The lowest BCUT2D eigenvalue weighted by atomic mass is 10.2. The lowest BCUT2D eigenvalue weighted by Gasteiger charge is -2.12. The van der Waals surface area contributed by atoms with Gasteiger partial charge in [0.2, 0.25) is 5.91 Å². The van der Waals surface area contributed by atoms with Crippen LogP contribution in [-0.4, -0.2) is 26.4 Å². The molecule has 0 aliphatic carbocycles. The molecule has 0 aliphatic rings. The van der Waals surface area contributed by atoms with Gasteiger partial charge in [0.25, 0.3) is 0 Å². The molecule has 0 atom stereocenters. The van der Waals surface area contributed by atoms with Crippen molar-refractivity contribution < 1.29 is 9.53 Å². The highest BCUT2D eigenvalue weighted by Gasteiger charge is 2.13. The van der Waals surface area contributed by atoms with E-state index < -0.39 is 0 Å². The van der Waals surface area contributed by atoms with Gasteiger partial charge in [-0.3, -0.25) is 9.36 Å². The Balaban J connectivity index is 1.42. The summed E-state index contributed by atoms with van der Waals surface area (Å²) in [5.74, 6) is 1.35. The van der Waals surface area contributed by atoms with Crippen LogP contribution >= 0.6 is 11.8 Å². The van der Waals surface area contributed by atoms with Crippen molar-refractivity contribution in [3.63, 3.8) is 0 Å². The van der Waals surface area contributed by atoms with Crippen LogP contribution < -0.4 is 10.1 Å². The van der Waals surface area contributed by atoms with E-state index in [-0.39, 0.29) is 11.7 Å². The van der Waals surface area contributed by atoms with Gasteiger partial charge in [-0.25, -0.2) is 0 Å². The molecule has 3 aromatic carbocycles. The first-order chi connectivity index (χ1) is 14.7. The molecule has 0 aliphatic heterocycles. The third kappa shape index (κ3) is 4.69. The number of hydrogen-bond acceptors (Lipinski definition) is 5. The summed E-state index contributed by atoms with van der Waals surface area (Å²) in [4.78, 5) is 12.6. The molecule has 0 bridgehead atoms. The van der Waals surface area contributed by atoms with Crippen LogP contribution in [0, 0.1) is 6.92 Å². The van der Waals surface area contributed by atoms with E-state index in [4.69, 9.17) is 4.74 Å². The number of carbonyl (C=O) groups is 1. The number of amides is 1. The quantitative estimate of drug-likeness (QED) is 0.425. The molecule has 1 heterocycles. The number of nitrogens with zero attached hydrogens (tertiary/aromatic N) is 3. The fourth-order valence-corrected chi connectivity index (χ4v) is 3.63. The second-order valence-corrected chi connectivity index (χ2v) is 7.46. The Morgan fingerprint density at radius 3 is 2.57 bits per heavy atom. The van der Waals surface area contributed by atoms with Crippen LogP contribution in [0.5, 0.6) is 11.5 Å². The number of carbonyl (C=O) groups excluding carboxylic acids is 1. The summed E-state index contributed by atoms with van der Waals surface area (Å²) in [6.07, 6.45) is 1.66. The summed E-state index contributed by atoms with van der Waals surface area (Å²) in [6.45, 7) is 2.03. The van der Waals surface area contributed by atoms with Crippen LogP contribution in [0.4, 0.5) is 5.69 Å². The third-order valence-electron chi connectivity index (χ3n) is 4.36. The van der Waals surface area contributed by atoms with Gasteiger partial charge in [-0.15, -0.1) is 10.2 Å². The Kier molecular flexibility index (Phi) is 6.10. The topological polar surface area (TPSA) is 69.0 Å². The summed E-state index contributed by atoms with van der Waals surface area (Å²) in [7, 11) is 0. The van der Waals surface area contributed by atoms with Crippen molar-refractivity contribution >= 4 is 23.4 Å². The van der Waals surface area contributed by atoms with E-state index in [1.54, 1.807) is 6.33 Å². The van der Waals surface area contributed by atoms with E-state index in [2.05, 4.69) is 15.5 Å². The van der Waals surface area contributed by atoms with E-state index in [1.165, 1.54) is 11.8 Å². The Labute approximate surface area is 178 Å². The minimum absolute atomic E-state index is 0.150. The average Bonchev–Trinajstić information content (AvgIpc) is 3.23. The number of benzene rings is 3. The molecule has 4 aromatic rings. The van der Waals surface area contributed by atoms with Crippen LogP contribution in [0.2, 0.25) is 0 Å². The maximum atomic E-state index is 12.6. The Bertz CT molecular complexity index is 1140. The first kappa shape index (κ1) is 19.7. The largest absolute Gasteiger partial charge is 0.455 e. The Morgan fingerprint density at radius 1 is 1.00 bits per heavy atom. The predicted molar refractivity (Wildman–Crippen MR) is 118 cm³/mol. The fourth-order valence-electron chi connectivity index (χ4n) is 2.91. The van der Waals surface area contributed by atoms with E-state index in [9.17, 15) is 4.79 Å². The number of aryl methyl sites for hydroxylation is 1. The summed E-state index contributed by atoms with van der Waals surface area (Å²) >= 11 is 1.33. The molecule has 0 unspecified atom stereocenters. The summed E-state index contributed by atoms with van der Waals surface area (Å²) in [5.41, 5.74) is 2.72. The van der Waals surface area contributed by atoms with Gasteiger partial charge in [0.1, 0.15) is 12.1 Å². The molecular weight excluding hydrogens is 396 g/mol. The highest BCUT2D eigenvalue weighted by molar-refractivity contribution is 7.99. The normalized spacial score (nSPS) is 10.6. The molecule has 0 radical (unpaired) electrons. The van der Waals surface area contributed by atoms with Gasteiger partial charge in [-0.1, -0.05) is 60.3 Å². The van der Waals surface area contributed by atoms with Crippen LogP contribution in [0.1, 0.15) is 5.56 Å². The van der Waals surface area contributed by atoms with Crippen molar-refractivity contribution in [1.82, 2.24) is 14.8 Å². The molecule has 0 saturated heterocycles. The molecule has 1 N–H and O–H groups in total. The molecule has 1 aromatic heterocycles. The third-order valence-corrected chi connectivity index (χ3v) is 5.30. The molecule has 30 heavy (non-hydrogen) atoms. The van der Waals surface area contributed by atoms with Gasteiger partial charge in [0.15, 0.2) is 10.9 Å². The zero-order valence-corrected chi connectivity index (χ0v) is 17.2. The molecule has 0 saturated carbocycles. The number of hydrogen-bond donors (Lipinski definition) is 1. The lowest BCUT2D eigenvalue weighted by molar-refractivity contribution is -0.113. The minimum atomic E-state index is -0.150. The van der Waals surface area contributed by atoms with Crippen molar-refractivity contribution in [3.8, 4) is 17.2 Å². The zero-order chi connectivity index (χ0) is 20.8. The van der Waals surface area contributed by atoms with Gasteiger partial charge in [-0.05, 0) is 42.8 Å². The second-order valence-electron chi connectivity index (χ2n) is 6.52. The van der Waals surface area contributed by atoms with Crippen molar-refractivity contribution in [2.24, 2.45) is 0 Å². The summed E-state index contributed by atoms with van der Waals surface area (Å²) < 4.78 is 7.79. The van der Waals surface area contributed by atoms with Crippen LogP contribution in [0.15, 0.2) is 90.3 Å². The smallest absolute Gasteiger partial charge is 0.234 e. The van der Waals surface area contributed by atoms with Crippen molar-refractivity contribution in [3.05, 3.63) is 90.8 Å². The maximum absolute atomic E-state index is 12.6. The first-order valence-electron chi connectivity index (χ1n) is 9.41. The Morgan fingerprint density at radius 2 is 1.73 bits per heavy atom. The molecule has 0 spiro atoms. The van der Waals surface area contributed by atoms with Gasteiger partial charge in [0, 0.05) is 0 Å². The fraction of sp³-hybridized carbons (Fsp3) is 0.0870. The molecule has 1 amide bonds. The van der Waals surface area contributed by atoms with Gasteiger partial charge < -0.3 is 10.1 Å². The van der Waals surface area contributed by atoms with Gasteiger partial charge >= 0.3 is 0 Å². The SMILES string of the molecule is Cc1ccccc1-n1cnnc1SCC(=O)Nc1ccccc1Oc1ccccc1. The Hall–Kier alpha value is -3.58. The van der Waals surface area contributed by atoms with Crippen molar-refractivity contribution in [2.75, 3.05) is 11.1 Å². The maximum Gasteiger partial charge on any atom is 0.234 e. The minimum Gasteiger partial charge on any atom is -0.455 e. The number of nitrogens with one attached hydrogen (secondary N) is 1. The highest BCUT2D eigenvalue weighted by Crippen LogP contribution is 2.29. The van der Waals surface area contributed by atoms with E-state index in [0.29, 0.717) is 22.3 Å². The number of para-hydroxylation sites is 4. The van der Waals surface area contributed by atoms with Gasteiger partial charge in [-0.2, -0.15) is 0 Å². The first-order valence-corrected chi connectivity index (χ1v) is 10.4. The number of rotatable bonds is 7. The van der Waals surface area contributed by atoms with E-state index >= 15 is 0 Å². The predicted octanol–water partition coefficient (Wildman–Crippen LogP) is 5.10. The van der Waals surface area contributed by atoms with E-state index in [1.807, 2.05) is 90.4 Å². The van der Waals surface area contributed by atoms with Crippen LogP contribution in [0.3, 0.4) is 0 Å². The molecule has 0 fully saturated rings. The number of thioether (sulfide) groups is 1. The standard InChI is InChI=1S/C23H20N4O2S/c1-17-9-5-7-13-20(17)27-16-24-26-23(27)30-15-22(28)25-19-12-6-8-14-21(19)29-18-10-3-2-4-11-18/h2-14,16H,15H2,1H3,(H,25,28). The highest BCUT2D eigenvalue weighted by atomic mass is 32.2. The molecule has 150 valence electrons. The lowest BCUT2D eigenvalue weighted by Crippen LogP contribution is -2.15. The zero-order valence-electron chi connectivity index (χ0n) is 16.4. The summed E-state index contributed by atoms with van der Waals surface area (Å²) in [5, 5.41) is 11.7. The van der Waals surface area contributed by atoms with Gasteiger partial charge in [0.05, 0.1) is 17.1 Å². The molecule has 4 rings (SSSR count). The van der Waals surface area contributed by atoms with Crippen molar-refractivity contribution in [1.29, 1.82) is 0 Å². The molecule has 6 nitrogen and oxygen atoms in total. The van der Waals surface area contributed by atoms with Crippen LogP contribution in [-0.2, 0) is 4.79 Å². The molecule has 7 heteroatoms. The van der Waals surface area contributed by atoms with E-state index in [0.717, 1.165) is 11.3 Å². The van der Waals surface area contributed by atoms with Crippen LogP contribution in [0.25, 0.3) is 5.69 Å². The number of anilines is 1. The van der Waals surface area contributed by atoms with Crippen molar-refractivity contribution in [2.45, 2.75) is 12.1 Å². The second kappa shape index (κ2) is 9.28. The summed E-state index contributed by atoms with van der Waals surface area (Å²) in [6, 6.07) is 24.8. The average molecular weight is 417 g/mol.